The van der Waals surface area contributed by atoms with Crippen LogP contribution in [0.5, 0.6) is 11.5 Å². The molecule has 2 aromatic rings. The maximum Gasteiger partial charge on any atom is 0.259 e. The Bertz CT molecular complexity index is 747. The number of rotatable bonds is 5. The number of hydrogen-bond donors (Lipinski definition) is 4. The maximum atomic E-state index is 11.8. The zero-order valence-corrected chi connectivity index (χ0v) is 13.1. The number of para-hydroxylation sites is 1. The van der Waals surface area contributed by atoms with Gasteiger partial charge in [-0.25, -0.2) is 5.43 Å². The van der Waals surface area contributed by atoms with Crippen LogP contribution >= 0.6 is 11.6 Å². The molecule has 0 heterocycles. The number of hydrazone groups is 1. The second kappa shape index (κ2) is 7.51. The van der Waals surface area contributed by atoms with Crippen molar-refractivity contribution in [2.45, 2.75) is 6.92 Å². The fourth-order valence-electron chi connectivity index (χ4n) is 1.85. The number of halogens is 1. The minimum atomic E-state index is -0.359. The van der Waals surface area contributed by atoms with Crippen LogP contribution in [0.2, 0.25) is 5.02 Å². The van der Waals surface area contributed by atoms with Gasteiger partial charge in [0, 0.05) is 11.6 Å². The molecule has 0 fully saturated rings. The summed E-state index contributed by atoms with van der Waals surface area (Å²) in [4.78, 5) is 11.8. The van der Waals surface area contributed by atoms with Crippen molar-refractivity contribution in [1.29, 1.82) is 0 Å². The van der Waals surface area contributed by atoms with Crippen LogP contribution in [0.3, 0.4) is 0 Å². The third kappa shape index (κ3) is 4.62. The molecule has 0 atom stereocenters. The number of hydrogen-bond acceptors (Lipinski definition) is 5. The van der Waals surface area contributed by atoms with E-state index in [4.69, 9.17) is 11.6 Å². The largest absolute Gasteiger partial charge is 0.508 e. The Morgan fingerprint density at radius 2 is 1.96 bits per heavy atom. The highest BCUT2D eigenvalue weighted by molar-refractivity contribution is 6.33. The standard InChI is InChI=1S/C16H16ClN3O3/c1-10(12-7-6-11(21)8-15(12)22)19-20-16(23)9-18-14-5-3-2-4-13(14)17/h2-8,18,21-22H,9H2,1H3,(H,20,23)/b19-10-. The molecule has 0 aliphatic carbocycles. The molecule has 0 aliphatic heterocycles. The zero-order valence-electron chi connectivity index (χ0n) is 12.4. The van der Waals surface area contributed by atoms with Gasteiger partial charge in [-0.3, -0.25) is 4.79 Å². The third-order valence-corrected chi connectivity index (χ3v) is 3.36. The first-order chi connectivity index (χ1) is 11.0. The summed E-state index contributed by atoms with van der Waals surface area (Å²) in [5.74, 6) is -0.524. The highest BCUT2D eigenvalue weighted by Crippen LogP contribution is 2.23. The van der Waals surface area contributed by atoms with E-state index < -0.39 is 0 Å². The number of carbonyl (C=O) groups is 1. The predicted octanol–water partition coefficient (Wildman–Crippen LogP) is 2.70. The molecule has 0 radical (unpaired) electrons. The highest BCUT2D eigenvalue weighted by atomic mass is 35.5. The number of amides is 1. The number of phenolic OH excluding ortho intramolecular Hbond substituents is 2. The molecule has 7 heteroatoms. The van der Waals surface area contributed by atoms with Gasteiger partial charge in [0.1, 0.15) is 11.5 Å². The molecule has 2 rings (SSSR count). The molecule has 0 spiro atoms. The fraction of sp³-hybridized carbons (Fsp3) is 0.125. The number of aromatic hydroxyl groups is 2. The van der Waals surface area contributed by atoms with Gasteiger partial charge in [-0.05, 0) is 31.2 Å². The summed E-state index contributed by atoms with van der Waals surface area (Å²) in [7, 11) is 0. The average molecular weight is 334 g/mol. The maximum absolute atomic E-state index is 11.8. The molecule has 0 aliphatic rings. The topological polar surface area (TPSA) is 94.0 Å². The Balaban J connectivity index is 1.94. The lowest BCUT2D eigenvalue weighted by atomic mass is 10.1. The number of nitrogens with one attached hydrogen (secondary N) is 2. The Kier molecular flexibility index (Phi) is 5.43. The average Bonchev–Trinajstić information content (AvgIpc) is 2.52. The second-order valence-electron chi connectivity index (χ2n) is 4.77. The normalized spacial score (nSPS) is 11.1. The summed E-state index contributed by atoms with van der Waals surface area (Å²) in [6.07, 6.45) is 0. The highest BCUT2D eigenvalue weighted by Gasteiger charge is 2.07. The van der Waals surface area contributed by atoms with Crippen LogP contribution in [0.4, 0.5) is 5.69 Å². The van der Waals surface area contributed by atoms with E-state index in [1.807, 2.05) is 6.07 Å². The molecule has 0 aromatic heterocycles. The first-order valence-electron chi connectivity index (χ1n) is 6.81. The van der Waals surface area contributed by atoms with Crippen LogP contribution in [-0.2, 0) is 4.79 Å². The quantitative estimate of drug-likeness (QED) is 0.500. The van der Waals surface area contributed by atoms with E-state index in [0.717, 1.165) is 0 Å². The van der Waals surface area contributed by atoms with Crippen molar-refractivity contribution < 1.29 is 15.0 Å². The Morgan fingerprint density at radius 1 is 1.22 bits per heavy atom. The SMILES string of the molecule is C/C(=N/NC(=O)CNc1ccccc1Cl)c1ccc(O)cc1O. The van der Waals surface area contributed by atoms with Crippen molar-refractivity contribution >= 4 is 28.9 Å². The summed E-state index contributed by atoms with van der Waals surface area (Å²) in [5.41, 5.74) is 3.87. The smallest absolute Gasteiger partial charge is 0.259 e. The molecule has 23 heavy (non-hydrogen) atoms. The third-order valence-electron chi connectivity index (χ3n) is 3.03. The molecule has 1 amide bonds. The lowest BCUT2D eigenvalue weighted by Crippen LogP contribution is -2.26. The minimum absolute atomic E-state index is 0.00206. The molecule has 0 bridgehead atoms. The van der Waals surface area contributed by atoms with Crippen LogP contribution < -0.4 is 10.7 Å². The summed E-state index contributed by atoms with van der Waals surface area (Å²) < 4.78 is 0. The summed E-state index contributed by atoms with van der Waals surface area (Å²) >= 11 is 5.98. The van der Waals surface area contributed by atoms with Crippen LogP contribution in [-0.4, -0.2) is 28.4 Å². The van der Waals surface area contributed by atoms with Gasteiger partial charge in [0.15, 0.2) is 0 Å². The molecule has 2 aromatic carbocycles. The summed E-state index contributed by atoms with van der Waals surface area (Å²) in [6, 6.07) is 11.2. The number of carbonyl (C=O) groups excluding carboxylic acids is 1. The van der Waals surface area contributed by atoms with Crippen molar-refractivity contribution in [2.24, 2.45) is 5.10 Å². The second-order valence-corrected chi connectivity index (χ2v) is 5.17. The van der Waals surface area contributed by atoms with Crippen molar-refractivity contribution in [3.05, 3.63) is 53.1 Å². The molecule has 0 unspecified atom stereocenters. The van der Waals surface area contributed by atoms with E-state index in [9.17, 15) is 15.0 Å². The minimum Gasteiger partial charge on any atom is -0.508 e. The summed E-state index contributed by atoms with van der Waals surface area (Å²) in [6.45, 7) is 1.63. The Morgan fingerprint density at radius 3 is 2.65 bits per heavy atom. The van der Waals surface area contributed by atoms with E-state index in [-0.39, 0.29) is 24.0 Å². The van der Waals surface area contributed by atoms with Crippen molar-refractivity contribution in [3.63, 3.8) is 0 Å². The lowest BCUT2D eigenvalue weighted by Gasteiger charge is -2.08. The molecular weight excluding hydrogens is 318 g/mol. The fourth-order valence-corrected chi connectivity index (χ4v) is 2.05. The van der Waals surface area contributed by atoms with Crippen molar-refractivity contribution in [1.82, 2.24) is 5.43 Å². The van der Waals surface area contributed by atoms with E-state index in [0.29, 0.717) is 22.0 Å². The van der Waals surface area contributed by atoms with Gasteiger partial charge < -0.3 is 15.5 Å². The number of phenols is 2. The van der Waals surface area contributed by atoms with E-state index in [2.05, 4.69) is 15.8 Å². The van der Waals surface area contributed by atoms with Gasteiger partial charge >= 0.3 is 0 Å². The molecule has 6 nitrogen and oxygen atoms in total. The summed E-state index contributed by atoms with van der Waals surface area (Å²) in [5, 5.41) is 26.3. The van der Waals surface area contributed by atoms with E-state index >= 15 is 0 Å². The molecule has 0 saturated heterocycles. The van der Waals surface area contributed by atoms with Crippen molar-refractivity contribution in [2.75, 3.05) is 11.9 Å². The Hall–Kier alpha value is -2.73. The number of anilines is 1. The van der Waals surface area contributed by atoms with E-state index in [1.165, 1.54) is 18.2 Å². The van der Waals surface area contributed by atoms with Gasteiger partial charge in [0.05, 0.1) is 23.0 Å². The lowest BCUT2D eigenvalue weighted by molar-refractivity contribution is -0.119. The monoisotopic (exact) mass is 333 g/mol. The first-order valence-corrected chi connectivity index (χ1v) is 7.19. The van der Waals surface area contributed by atoms with Gasteiger partial charge in [-0.1, -0.05) is 23.7 Å². The van der Waals surface area contributed by atoms with Crippen molar-refractivity contribution in [3.8, 4) is 11.5 Å². The molecule has 0 saturated carbocycles. The van der Waals surface area contributed by atoms with Crippen LogP contribution in [0.15, 0.2) is 47.6 Å². The molecular formula is C16H16ClN3O3. The van der Waals surface area contributed by atoms with Gasteiger partial charge in [-0.15, -0.1) is 0 Å². The number of benzene rings is 2. The van der Waals surface area contributed by atoms with E-state index in [1.54, 1.807) is 25.1 Å². The molecule has 120 valence electrons. The Labute approximate surface area is 138 Å². The predicted molar refractivity (Wildman–Crippen MR) is 90.1 cm³/mol. The van der Waals surface area contributed by atoms with Crippen LogP contribution in [0.25, 0.3) is 0 Å². The zero-order chi connectivity index (χ0) is 16.8. The number of nitrogens with zero attached hydrogens (tertiary/aromatic N) is 1. The van der Waals surface area contributed by atoms with Crippen LogP contribution in [0.1, 0.15) is 12.5 Å². The molecule has 4 N–H and O–H groups in total. The van der Waals surface area contributed by atoms with Gasteiger partial charge in [-0.2, -0.15) is 5.10 Å². The van der Waals surface area contributed by atoms with Crippen LogP contribution in [0, 0.1) is 0 Å². The first kappa shape index (κ1) is 16.6. The van der Waals surface area contributed by atoms with Gasteiger partial charge in [0.2, 0.25) is 0 Å². The van der Waals surface area contributed by atoms with Gasteiger partial charge in [0.25, 0.3) is 5.91 Å².